The molecule has 38 heavy (non-hydrogen) atoms. The van der Waals surface area contributed by atoms with E-state index in [-0.39, 0.29) is 18.1 Å². The van der Waals surface area contributed by atoms with Crippen molar-refractivity contribution >= 4 is 52.9 Å². The van der Waals surface area contributed by atoms with Crippen molar-refractivity contribution in [3.05, 3.63) is 104 Å². The number of aromatic nitrogens is 1. The number of rotatable bonds is 8. The monoisotopic (exact) mass is 567 g/mol. The lowest BCUT2D eigenvalue weighted by Gasteiger charge is -2.12. The molecule has 1 saturated carbocycles. The number of hydrogen-bond donors (Lipinski definition) is 1. The van der Waals surface area contributed by atoms with E-state index < -0.39 is 5.97 Å². The van der Waals surface area contributed by atoms with Crippen molar-refractivity contribution in [2.75, 3.05) is 0 Å². The maximum Gasteiger partial charge on any atom is 0.335 e. The lowest BCUT2D eigenvalue weighted by Crippen LogP contribution is -2.02. The summed E-state index contributed by atoms with van der Waals surface area (Å²) in [5, 5.41) is 15.1. The van der Waals surface area contributed by atoms with Gasteiger partial charge in [-0.3, -0.25) is 0 Å². The standard InChI is InChI=1S/C30H24Cl3NO4/c31-24-9-4-10-25(32)27(24)28-23(29(38-34-28)20-6-1-2-7-20)17-37-22-14-13-19(26(33)16-22)12-11-18-5-3-8-21(15-18)30(35)36/h3-5,8-16,20H,1-2,6-7,17H2,(H,35,36)/b12-11+. The Morgan fingerprint density at radius 1 is 0.974 bits per heavy atom. The van der Waals surface area contributed by atoms with E-state index in [1.807, 2.05) is 30.4 Å². The smallest absolute Gasteiger partial charge is 0.335 e. The first-order chi connectivity index (χ1) is 18.4. The van der Waals surface area contributed by atoms with Crippen LogP contribution in [-0.4, -0.2) is 16.2 Å². The topological polar surface area (TPSA) is 72.6 Å². The first-order valence-corrected chi connectivity index (χ1v) is 13.4. The molecule has 0 atom stereocenters. The number of nitrogens with zero attached hydrogens (tertiary/aromatic N) is 1. The number of ether oxygens (including phenoxy) is 1. The van der Waals surface area contributed by atoms with Crippen LogP contribution in [0.3, 0.4) is 0 Å². The van der Waals surface area contributed by atoms with E-state index in [0.29, 0.717) is 32.1 Å². The number of carboxylic acid groups (broad SMARTS) is 1. The molecule has 8 heteroatoms. The Labute approximate surface area is 235 Å². The van der Waals surface area contributed by atoms with Crippen LogP contribution >= 0.6 is 34.8 Å². The van der Waals surface area contributed by atoms with Gasteiger partial charge in [-0.15, -0.1) is 0 Å². The van der Waals surface area contributed by atoms with Gasteiger partial charge in [0.25, 0.3) is 0 Å². The molecule has 4 aromatic rings. The molecule has 1 fully saturated rings. The van der Waals surface area contributed by atoms with Gasteiger partial charge in [0.05, 0.1) is 26.2 Å². The van der Waals surface area contributed by atoms with E-state index in [4.69, 9.17) is 44.1 Å². The van der Waals surface area contributed by atoms with E-state index in [2.05, 4.69) is 5.16 Å². The van der Waals surface area contributed by atoms with Crippen LogP contribution in [0, 0.1) is 0 Å². The highest BCUT2D eigenvalue weighted by molar-refractivity contribution is 6.39. The average molecular weight is 569 g/mol. The van der Waals surface area contributed by atoms with Crippen LogP contribution in [0.2, 0.25) is 15.1 Å². The van der Waals surface area contributed by atoms with Gasteiger partial charge in [-0.25, -0.2) is 4.79 Å². The fourth-order valence-corrected chi connectivity index (χ4v) is 5.55. The molecule has 1 aliphatic carbocycles. The predicted octanol–water partition coefficient (Wildman–Crippen LogP) is 9.41. The third-order valence-corrected chi connectivity index (χ3v) is 7.65. The zero-order valence-electron chi connectivity index (χ0n) is 20.3. The first kappa shape index (κ1) is 26.4. The Bertz CT molecular complexity index is 1490. The number of halogens is 3. The van der Waals surface area contributed by atoms with Crippen LogP contribution in [0.15, 0.2) is 65.2 Å². The average Bonchev–Trinajstić information content (AvgIpc) is 3.57. The third-order valence-electron chi connectivity index (χ3n) is 6.69. The van der Waals surface area contributed by atoms with Gasteiger partial charge < -0.3 is 14.4 Å². The number of carboxylic acids is 1. The highest BCUT2D eigenvalue weighted by Crippen LogP contribution is 2.42. The van der Waals surface area contributed by atoms with Crippen molar-refractivity contribution in [3.8, 4) is 17.0 Å². The zero-order valence-corrected chi connectivity index (χ0v) is 22.6. The van der Waals surface area contributed by atoms with Crippen LogP contribution in [0.25, 0.3) is 23.4 Å². The van der Waals surface area contributed by atoms with Gasteiger partial charge in [-0.2, -0.15) is 0 Å². The van der Waals surface area contributed by atoms with Crippen LogP contribution in [0.4, 0.5) is 0 Å². The Morgan fingerprint density at radius 3 is 2.42 bits per heavy atom. The molecule has 0 radical (unpaired) electrons. The normalized spacial score (nSPS) is 13.9. The van der Waals surface area contributed by atoms with Gasteiger partial charge in [0.1, 0.15) is 23.8 Å². The fraction of sp³-hybridized carbons (Fsp3) is 0.200. The molecule has 1 heterocycles. The number of aromatic carboxylic acids is 1. The number of hydrogen-bond acceptors (Lipinski definition) is 4. The second kappa shape index (κ2) is 11.6. The summed E-state index contributed by atoms with van der Waals surface area (Å²) in [6.07, 6.45) is 8.04. The summed E-state index contributed by atoms with van der Waals surface area (Å²) in [5.41, 5.74) is 3.83. The number of carbonyl (C=O) groups is 1. The molecule has 3 aromatic carbocycles. The van der Waals surface area contributed by atoms with E-state index in [1.165, 1.54) is 0 Å². The van der Waals surface area contributed by atoms with E-state index >= 15 is 0 Å². The Morgan fingerprint density at radius 2 is 1.71 bits per heavy atom. The van der Waals surface area contributed by atoms with E-state index in [9.17, 15) is 9.90 Å². The van der Waals surface area contributed by atoms with Gasteiger partial charge in [0.2, 0.25) is 0 Å². The Balaban J connectivity index is 1.38. The van der Waals surface area contributed by atoms with E-state index in [0.717, 1.165) is 48.1 Å². The van der Waals surface area contributed by atoms with Crippen LogP contribution < -0.4 is 4.74 Å². The van der Waals surface area contributed by atoms with Crippen LogP contribution in [0.1, 0.15) is 64.4 Å². The summed E-state index contributed by atoms with van der Waals surface area (Å²) in [4.78, 5) is 11.2. The van der Waals surface area contributed by atoms with E-state index in [1.54, 1.807) is 42.5 Å². The van der Waals surface area contributed by atoms with Gasteiger partial charge >= 0.3 is 5.97 Å². The summed E-state index contributed by atoms with van der Waals surface area (Å²) in [5.74, 6) is 0.730. The van der Waals surface area contributed by atoms with Crippen molar-refractivity contribution < 1.29 is 19.2 Å². The van der Waals surface area contributed by atoms with Gasteiger partial charge in [0.15, 0.2) is 0 Å². The molecule has 5 nitrogen and oxygen atoms in total. The lowest BCUT2D eigenvalue weighted by atomic mass is 9.98. The van der Waals surface area contributed by atoms with Crippen molar-refractivity contribution in [2.24, 2.45) is 0 Å². The molecular weight excluding hydrogens is 545 g/mol. The molecule has 1 aliphatic rings. The predicted molar refractivity (Wildman–Crippen MR) is 151 cm³/mol. The molecule has 194 valence electrons. The quantitative estimate of drug-likeness (QED) is 0.214. The van der Waals surface area contributed by atoms with Crippen molar-refractivity contribution in [1.82, 2.24) is 5.16 Å². The molecule has 5 rings (SSSR count). The molecule has 0 spiro atoms. The maximum atomic E-state index is 11.2. The first-order valence-electron chi connectivity index (χ1n) is 12.3. The summed E-state index contributed by atoms with van der Waals surface area (Å²) < 4.78 is 12.0. The number of benzene rings is 3. The highest BCUT2D eigenvalue weighted by Gasteiger charge is 2.29. The van der Waals surface area contributed by atoms with Crippen LogP contribution in [-0.2, 0) is 6.61 Å². The van der Waals surface area contributed by atoms with Gasteiger partial charge in [0, 0.05) is 11.5 Å². The molecule has 0 amide bonds. The van der Waals surface area contributed by atoms with Crippen molar-refractivity contribution in [3.63, 3.8) is 0 Å². The molecule has 0 aliphatic heterocycles. The summed E-state index contributed by atoms with van der Waals surface area (Å²) in [7, 11) is 0. The zero-order chi connectivity index (χ0) is 26.6. The van der Waals surface area contributed by atoms with Gasteiger partial charge in [-0.1, -0.05) is 83.2 Å². The molecular formula is C30H24Cl3NO4. The van der Waals surface area contributed by atoms with Crippen molar-refractivity contribution in [2.45, 2.75) is 38.2 Å². The minimum absolute atomic E-state index is 0.222. The lowest BCUT2D eigenvalue weighted by molar-refractivity contribution is 0.0697. The molecule has 0 bridgehead atoms. The Hall–Kier alpha value is -3.25. The Kier molecular flexibility index (Phi) is 8.08. The molecule has 0 saturated heterocycles. The maximum absolute atomic E-state index is 11.2. The second-order valence-corrected chi connectivity index (χ2v) is 10.4. The third kappa shape index (κ3) is 5.75. The summed E-state index contributed by atoms with van der Waals surface area (Å²) >= 11 is 19.5. The summed E-state index contributed by atoms with van der Waals surface area (Å²) in [6, 6.07) is 17.5. The van der Waals surface area contributed by atoms with Gasteiger partial charge in [-0.05, 0) is 66.4 Å². The summed E-state index contributed by atoms with van der Waals surface area (Å²) in [6.45, 7) is 0.222. The minimum atomic E-state index is -0.969. The van der Waals surface area contributed by atoms with Crippen LogP contribution in [0.5, 0.6) is 5.75 Å². The molecule has 1 aromatic heterocycles. The SMILES string of the molecule is O=C(O)c1cccc(/C=C/c2ccc(OCc3c(-c4c(Cl)cccc4Cl)noc3C3CCCC3)cc2Cl)c1. The molecule has 1 N–H and O–H groups in total. The largest absolute Gasteiger partial charge is 0.489 e. The highest BCUT2D eigenvalue weighted by atomic mass is 35.5. The second-order valence-electron chi connectivity index (χ2n) is 9.19. The fourth-order valence-electron chi connectivity index (χ4n) is 4.74. The minimum Gasteiger partial charge on any atom is -0.489 e. The molecule has 0 unspecified atom stereocenters. The van der Waals surface area contributed by atoms with Crippen molar-refractivity contribution in [1.29, 1.82) is 0 Å².